The minimum Gasteiger partial charge on any atom is -0.396 e. The van der Waals surface area contributed by atoms with E-state index >= 15 is 0 Å². The molecule has 11 heteroatoms. The van der Waals surface area contributed by atoms with Gasteiger partial charge in [-0.1, -0.05) is 32.6 Å². The van der Waals surface area contributed by atoms with Gasteiger partial charge in [0.05, 0.1) is 31.3 Å². The number of unbranched alkanes of at least 4 members (excludes halogenated alkanes) is 3. The second-order valence-electron chi connectivity index (χ2n) is 4.79. The summed E-state index contributed by atoms with van der Waals surface area (Å²) in [5.41, 5.74) is -1.15. The Morgan fingerprint density at radius 3 is 1.59 bits per heavy atom. The molecule has 1 atom stereocenters. The fraction of sp³-hybridized carbons (Fsp3) is 1.00. The van der Waals surface area contributed by atoms with Crippen molar-refractivity contribution in [1.29, 1.82) is 0 Å². The maximum Gasteiger partial charge on any atom is 0.334 e. The van der Waals surface area contributed by atoms with Crippen LogP contribution >= 0.6 is 17.2 Å². The van der Waals surface area contributed by atoms with Gasteiger partial charge in [0.15, 0.2) is 0 Å². The average molecular weight is 366 g/mol. The smallest absolute Gasteiger partial charge is 0.334 e. The van der Waals surface area contributed by atoms with E-state index in [9.17, 15) is 5.11 Å². The monoisotopic (exact) mass is 366 g/mol. The zero-order chi connectivity index (χ0) is 17.6. The lowest BCUT2D eigenvalue weighted by atomic mass is 9.82. The molecule has 0 radical (unpaired) electrons. The molecular formula is C11H28O9P2. The van der Waals surface area contributed by atoms with Crippen LogP contribution in [0, 0.1) is 5.41 Å². The van der Waals surface area contributed by atoms with Crippen LogP contribution in [-0.4, -0.2) is 65.9 Å². The molecule has 0 aliphatic heterocycles. The molecule has 0 rings (SSSR count). The van der Waals surface area contributed by atoms with Gasteiger partial charge in [-0.2, -0.15) is 0 Å². The van der Waals surface area contributed by atoms with Gasteiger partial charge in [0.2, 0.25) is 0 Å². The number of aliphatic hydroxyl groups is 4. The third-order valence-corrected chi connectivity index (χ3v) is 4.30. The van der Waals surface area contributed by atoms with Crippen LogP contribution in [0.4, 0.5) is 0 Å². The molecule has 0 saturated carbocycles. The van der Waals surface area contributed by atoms with Gasteiger partial charge in [0.25, 0.3) is 0 Å². The molecule has 0 saturated heterocycles. The summed E-state index contributed by atoms with van der Waals surface area (Å²) in [6.07, 6.45) is 3.82. The topological polar surface area (TPSA) is 171 Å². The first-order valence-corrected chi connectivity index (χ1v) is 9.17. The van der Waals surface area contributed by atoms with Crippen molar-refractivity contribution in [2.75, 3.05) is 19.8 Å². The molecule has 1 unspecified atom stereocenters. The highest BCUT2D eigenvalue weighted by atomic mass is 31.2. The van der Waals surface area contributed by atoms with E-state index in [1.165, 1.54) is 0 Å². The summed E-state index contributed by atoms with van der Waals surface area (Å²) < 4.78 is 3.60. The standard InChI is InChI=1S/C11H24O4.H4O5P2/c1-2-3-4-5-6-10(15)11(7-12,8-13)9-14;1-6(2)5-7(3)4/h10,12-15H,2-9H2,1H3;1-4H. The molecular weight excluding hydrogens is 338 g/mol. The Kier molecular flexibility index (Phi) is 16.9. The number of aliphatic hydroxyl groups excluding tert-OH is 4. The SMILES string of the molecule is CCCCCCC(O)C(CO)(CO)CO.OP(O)OP(O)O. The van der Waals surface area contributed by atoms with Crippen LogP contribution < -0.4 is 0 Å². The van der Waals surface area contributed by atoms with Crippen LogP contribution in [0.5, 0.6) is 0 Å². The summed E-state index contributed by atoms with van der Waals surface area (Å²) in [5, 5.41) is 37.0. The number of hydrogen-bond acceptors (Lipinski definition) is 9. The van der Waals surface area contributed by atoms with Crippen molar-refractivity contribution in [2.24, 2.45) is 5.41 Å². The Morgan fingerprint density at radius 2 is 1.32 bits per heavy atom. The van der Waals surface area contributed by atoms with E-state index < -0.39 is 48.5 Å². The summed E-state index contributed by atoms with van der Waals surface area (Å²) >= 11 is 0. The zero-order valence-electron chi connectivity index (χ0n) is 12.6. The maximum absolute atomic E-state index is 9.78. The average Bonchev–Trinajstić information content (AvgIpc) is 2.45. The zero-order valence-corrected chi connectivity index (χ0v) is 14.4. The van der Waals surface area contributed by atoms with E-state index in [0.29, 0.717) is 6.42 Å². The number of hydrogen-bond donors (Lipinski definition) is 8. The van der Waals surface area contributed by atoms with E-state index in [4.69, 9.17) is 34.9 Å². The van der Waals surface area contributed by atoms with E-state index in [1.807, 2.05) is 0 Å². The lowest BCUT2D eigenvalue weighted by Crippen LogP contribution is -2.45. The van der Waals surface area contributed by atoms with Crippen molar-refractivity contribution in [1.82, 2.24) is 0 Å². The molecule has 8 N–H and O–H groups in total. The summed E-state index contributed by atoms with van der Waals surface area (Å²) in [7, 11) is -5.22. The highest BCUT2D eigenvalue weighted by Gasteiger charge is 2.35. The Balaban J connectivity index is 0. The molecule has 0 heterocycles. The molecule has 136 valence electrons. The van der Waals surface area contributed by atoms with Crippen LogP contribution in [0.3, 0.4) is 0 Å². The summed E-state index contributed by atoms with van der Waals surface area (Å²) in [5.74, 6) is 0. The van der Waals surface area contributed by atoms with E-state index in [0.717, 1.165) is 25.7 Å². The molecule has 0 fully saturated rings. The Labute approximate surface area is 132 Å². The number of rotatable bonds is 11. The summed E-state index contributed by atoms with van der Waals surface area (Å²) in [6.45, 7) is 0.925. The van der Waals surface area contributed by atoms with Crippen LogP contribution in [0.2, 0.25) is 0 Å². The van der Waals surface area contributed by atoms with Crippen LogP contribution in [0.15, 0.2) is 0 Å². The van der Waals surface area contributed by atoms with Gasteiger partial charge in [-0.3, -0.25) is 0 Å². The Bertz CT molecular complexity index is 225. The third kappa shape index (κ3) is 12.0. The van der Waals surface area contributed by atoms with Gasteiger partial charge in [-0.15, -0.1) is 0 Å². The quantitative estimate of drug-likeness (QED) is 0.181. The molecule has 0 aromatic rings. The minimum atomic E-state index is -2.61. The predicted octanol–water partition coefficient (Wildman–Crippen LogP) is -0.293. The predicted molar refractivity (Wildman–Crippen MR) is 82.3 cm³/mol. The van der Waals surface area contributed by atoms with Crippen molar-refractivity contribution in [3.05, 3.63) is 0 Å². The first kappa shape index (κ1) is 24.7. The Morgan fingerprint density at radius 1 is 0.864 bits per heavy atom. The highest BCUT2D eigenvalue weighted by Crippen LogP contribution is 2.41. The molecule has 0 aromatic heterocycles. The van der Waals surface area contributed by atoms with Gasteiger partial charge in [-0.25, -0.2) is 4.31 Å². The van der Waals surface area contributed by atoms with Crippen molar-refractivity contribution in [3.8, 4) is 0 Å². The maximum atomic E-state index is 9.78. The first-order chi connectivity index (χ1) is 10.3. The van der Waals surface area contributed by atoms with Gasteiger partial charge < -0.3 is 40.0 Å². The molecule has 9 nitrogen and oxygen atoms in total. The minimum absolute atomic E-state index is 0.394. The summed E-state index contributed by atoms with van der Waals surface area (Å²) in [6, 6.07) is 0. The molecule has 0 spiro atoms. The molecule has 22 heavy (non-hydrogen) atoms. The van der Waals surface area contributed by atoms with Crippen LogP contribution in [-0.2, 0) is 4.31 Å². The molecule has 0 aliphatic carbocycles. The molecule has 0 aliphatic rings. The highest BCUT2D eigenvalue weighted by molar-refractivity contribution is 7.53. The van der Waals surface area contributed by atoms with Gasteiger partial charge >= 0.3 is 17.2 Å². The van der Waals surface area contributed by atoms with Gasteiger partial charge in [0.1, 0.15) is 0 Å². The Hall–Kier alpha value is 0.500. The largest absolute Gasteiger partial charge is 0.396 e. The molecule has 0 aromatic carbocycles. The van der Waals surface area contributed by atoms with Crippen molar-refractivity contribution >= 4 is 17.2 Å². The van der Waals surface area contributed by atoms with Gasteiger partial charge in [-0.05, 0) is 6.42 Å². The fourth-order valence-corrected chi connectivity index (χ4v) is 2.12. The lowest BCUT2D eigenvalue weighted by molar-refractivity contribution is -0.0863. The van der Waals surface area contributed by atoms with Crippen molar-refractivity contribution in [2.45, 2.75) is 45.1 Å². The normalized spacial score (nSPS) is 13.2. The lowest BCUT2D eigenvalue weighted by Gasteiger charge is -2.32. The summed E-state index contributed by atoms with van der Waals surface area (Å²) in [4.78, 5) is 31.3. The second-order valence-corrected chi connectivity index (χ2v) is 6.45. The van der Waals surface area contributed by atoms with Crippen molar-refractivity contribution in [3.63, 3.8) is 0 Å². The molecule has 0 amide bonds. The van der Waals surface area contributed by atoms with Crippen LogP contribution in [0.25, 0.3) is 0 Å². The first-order valence-electron chi connectivity index (χ1n) is 6.84. The van der Waals surface area contributed by atoms with E-state index in [2.05, 4.69) is 11.2 Å². The molecule has 0 bridgehead atoms. The van der Waals surface area contributed by atoms with E-state index in [-0.39, 0.29) is 0 Å². The third-order valence-electron chi connectivity index (χ3n) is 3.13. The van der Waals surface area contributed by atoms with Crippen LogP contribution in [0.1, 0.15) is 39.0 Å². The van der Waals surface area contributed by atoms with Crippen molar-refractivity contribution < 1.29 is 44.3 Å². The fourth-order valence-electron chi connectivity index (χ4n) is 1.60. The van der Waals surface area contributed by atoms with E-state index in [1.54, 1.807) is 0 Å². The van der Waals surface area contributed by atoms with Gasteiger partial charge in [0, 0.05) is 0 Å². The second kappa shape index (κ2) is 15.1.